The Kier molecular flexibility index (Phi) is 18.1. The van der Waals surface area contributed by atoms with E-state index < -0.39 is 16.2 Å². The monoisotopic (exact) mass is 332 g/mol. The van der Waals surface area contributed by atoms with Crippen LogP contribution in [0.4, 0.5) is 0 Å². The summed E-state index contributed by atoms with van der Waals surface area (Å²) in [4.78, 5) is 0. The van der Waals surface area contributed by atoms with Gasteiger partial charge in [0.1, 0.15) is 5.75 Å². The van der Waals surface area contributed by atoms with Gasteiger partial charge in [0.2, 0.25) is 0 Å². The average Bonchev–Trinajstić information content (AvgIpc) is 2.40. The van der Waals surface area contributed by atoms with E-state index in [1.165, 1.54) is 51.4 Å². The first kappa shape index (κ1) is 24.1. The second-order valence-electron chi connectivity index (χ2n) is 5.52. The Bertz CT molecular complexity index is 307. The van der Waals surface area contributed by atoms with E-state index in [0.717, 1.165) is 20.0 Å². The second kappa shape index (κ2) is 15.8. The van der Waals surface area contributed by atoms with E-state index in [1.807, 2.05) is 0 Å². The fourth-order valence-corrected chi connectivity index (χ4v) is 3.03. The third-order valence-electron chi connectivity index (χ3n) is 3.54. The van der Waals surface area contributed by atoms with Gasteiger partial charge in [-0.25, -0.2) is 0 Å². The Morgan fingerprint density at radius 2 is 1.33 bits per heavy atom. The van der Waals surface area contributed by atoms with Gasteiger partial charge in [-0.3, -0.25) is 4.18 Å². The van der Waals surface area contributed by atoms with Crippen molar-refractivity contribution in [1.82, 2.24) is 0 Å². The summed E-state index contributed by atoms with van der Waals surface area (Å²) in [5.74, 6) is -0.291. The minimum absolute atomic E-state index is 0. The van der Waals surface area contributed by atoms with E-state index in [0.29, 0.717) is 6.42 Å². The molecule has 0 fully saturated rings. The van der Waals surface area contributed by atoms with Crippen molar-refractivity contribution in [2.75, 3.05) is 12.9 Å². The van der Waals surface area contributed by atoms with Crippen LogP contribution in [-0.4, -0.2) is 62.0 Å². The number of aliphatic hydroxyl groups is 1. The zero-order valence-corrected chi connectivity index (χ0v) is 14.0. The van der Waals surface area contributed by atoms with E-state index >= 15 is 0 Å². The summed E-state index contributed by atoms with van der Waals surface area (Å²) in [5, 5.41) is 9.58. The predicted molar refractivity (Wildman–Crippen MR) is 90.4 cm³/mol. The van der Waals surface area contributed by atoms with E-state index in [2.05, 4.69) is 11.1 Å². The van der Waals surface area contributed by atoms with Crippen LogP contribution in [0.25, 0.3) is 0 Å². The van der Waals surface area contributed by atoms with Gasteiger partial charge in [-0.15, -0.1) is 0 Å². The molecule has 0 saturated carbocycles. The molecule has 1 unspecified atom stereocenters. The SMILES string of the molecule is CCCCCCCCCCCCC(O)CS(=O)(=O)OC.[NaH]. The summed E-state index contributed by atoms with van der Waals surface area (Å²) in [6.07, 6.45) is 12.1. The van der Waals surface area contributed by atoms with Crippen molar-refractivity contribution in [2.45, 2.75) is 83.7 Å². The molecule has 0 aromatic heterocycles. The Hall–Kier alpha value is 0.870. The first-order chi connectivity index (χ1) is 9.52. The van der Waals surface area contributed by atoms with Crippen LogP contribution in [-0.2, 0) is 14.3 Å². The molecule has 4 nitrogen and oxygen atoms in total. The Balaban J connectivity index is 0. The molecule has 6 heteroatoms. The van der Waals surface area contributed by atoms with Crippen molar-refractivity contribution in [3.05, 3.63) is 0 Å². The maximum absolute atomic E-state index is 11.1. The quantitative estimate of drug-likeness (QED) is 0.302. The van der Waals surface area contributed by atoms with Gasteiger partial charge < -0.3 is 5.11 Å². The van der Waals surface area contributed by atoms with Gasteiger partial charge in [0.25, 0.3) is 10.1 Å². The van der Waals surface area contributed by atoms with Crippen molar-refractivity contribution in [3.8, 4) is 0 Å². The molecular formula is C15H33NaO4S. The molecule has 0 aliphatic rings. The third-order valence-corrected chi connectivity index (χ3v) is 4.84. The molecule has 0 aliphatic carbocycles. The predicted octanol–water partition coefficient (Wildman–Crippen LogP) is 2.99. The van der Waals surface area contributed by atoms with Gasteiger partial charge in [-0.2, -0.15) is 8.42 Å². The molecule has 0 saturated heterocycles. The molecule has 0 aromatic carbocycles. The van der Waals surface area contributed by atoms with Crippen LogP contribution in [0.15, 0.2) is 0 Å². The number of unbranched alkanes of at least 4 members (excludes halogenated alkanes) is 9. The molecule has 1 N–H and O–H groups in total. The normalized spacial score (nSPS) is 12.9. The van der Waals surface area contributed by atoms with Crippen LogP contribution in [0.2, 0.25) is 0 Å². The van der Waals surface area contributed by atoms with Crippen LogP contribution in [0, 0.1) is 0 Å². The van der Waals surface area contributed by atoms with Crippen LogP contribution < -0.4 is 0 Å². The molecule has 0 spiro atoms. The third kappa shape index (κ3) is 17.1. The van der Waals surface area contributed by atoms with Crippen LogP contribution in [0.3, 0.4) is 0 Å². The van der Waals surface area contributed by atoms with Gasteiger partial charge >= 0.3 is 29.6 Å². The fraction of sp³-hybridized carbons (Fsp3) is 1.00. The molecule has 124 valence electrons. The number of rotatable bonds is 14. The molecule has 0 rings (SSSR count). The van der Waals surface area contributed by atoms with E-state index in [9.17, 15) is 13.5 Å². The van der Waals surface area contributed by atoms with E-state index in [4.69, 9.17) is 0 Å². The van der Waals surface area contributed by atoms with Crippen molar-refractivity contribution in [2.24, 2.45) is 0 Å². The number of hydrogen-bond donors (Lipinski definition) is 1. The van der Waals surface area contributed by atoms with Crippen molar-refractivity contribution in [3.63, 3.8) is 0 Å². The fourth-order valence-electron chi connectivity index (χ4n) is 2.25. The van der Waals surface area contributed by atoms with Crippen LogP contribution in [0.1, 0.15) is 77.6 Å². The van der Waals surface area contributed by atoms with Gasteiger partial charge in [-0.1, -0.05) is 71.1 Å². The van der Waals surface area contributed by atoms with E-state index in [-0.39, 0.29) is 35.3 Å². The molecule has 0 aromatic rings. The van der Waals surface area contributed by atoms with Gasteiger partial charge in [-0.05, 0) is 6.42 Å². The molecule has 0 radical (unpaired) electrons. The molecule has 0 aliphatic heterocycles. The topological polar surface area (TPSA) is 63.6 Å². The molecule has 0 bridgehead atoms. The van der Waals surface area contributed by atoms with Gasteiger partial charge in [0, 0.05) is 0 Å². The Labute approximate surface area is 153 Å². The zero-order chi connectivity index (χ0) is 15.3. The molecule has 0 amide bonds. The van der Waals surface area contributed by atoms with Gasteiger partial charge in [0.15, 0.2) is 0 Å². The molecular weight excluding hydrogens is 299 g/mol. The van der Waals surface area contributed by atoms with Crippen molar-refractivity contribution in [1.29, 1.82) is 0 Å². The first-order valence-corrected chi connectivity index (χ1v) is 9.56. The van der Waals surface area contributed by atoms with E-state index in [1.54, 1.807) is 0 Å². The average molecular weight is 332 g/mol. The van der Waals surface area contributed by atoms with Crippen molar-refractivity contribution >= 4 is 39.7 Å². The molecule has 0 heterocycles. The number of aliphatic hydroxyl groups excluding tert-OH is 1. The summed E-state index contributed by atoms with van der Waals surface area (Å²) in [6, 6.07) is 0. The molecule has 21 heavy (non-hydrogen) atoms. The standard InChI is InChI=1S/C15H32O4S.Na.H/c1-3-4-5-6-7-8-9-10-11-12-13-15(16)14-20(17,18)19-2;;/h15-16H,3-14H2,1-2H3;;. The Morgan fingerprint density at radius 1 is 0.905 bits per heavy atom. The van der Waals surface area contributed by atoms with Crippen molar-refractivity contribution < 1.29 is 17.7 Å². The number of hydrogen-bond acceptors (Lipinski definition) is 4. The summed E-state index contributed by atoms with van der Waals surface area (Å²) in [7, 11) is -2.40. The first-order valence-electron chi connectivity index (χ1n) is 7.98. The summed E-state index contributed by atoms with van der Waals surface area (Å²) in [5.41, 5.74) is 0. The zero-order valence-electron chi connectivity index (χ0n) is 13.1. The van der Waals surface area contributed by atoms with Crippen LogP contribution >= 0.6 is 0 Å². The summed E-state index contributed by atoms with van der Waals surface area (Å²) < 4.78 is 26.5. The Morgan fingerprint density at radius 3 is 1.76 bits per heavy atom. The maximum atomic E-state index is 11.1. The second-order valence-corrected chi connectivity index (χ2v) is 7.30. The summed E-state index contributed by atoms with van der Waals surface area (Å²) in [6.45, 7) is 2.23. The van der Waals surface area contributed by atoms with Crippen LogP contribution in [0.5, 0.6) is 0 Å². The minimum atomic E-state index is -3.53. The summed E-state index contributed by atoms with van der Waals surface area (Å²) >= 11 is 0. The molecule has 1 atom stereocenters. The van der Waals surface area contributed by atoms with Gasteiger partial charge in [0.05, 0.1) is 13.2 Å².